The molecule has 0 saturated carbocycles. The lowest BCUT2D eigenvalue weighted by Gasteiger charge is -2.35. The van der Waals surface area contributed by atoms with Gasteiger partial charge in [-0.3, -0.25) is 0 Å². The van der Waals surface area contributed by atoms with Crippen molar-refractivity contribution in [1.29, 1.82) is 0 Å². The van der Waals surface area contributed by atoms with Crippen LogP contribution in [0.2, 0.25) is 0 Å². The van der Waals surface area contributed by atoms with Gasteiger partial charge in [-0.25, -0.2) is 0 Å². The van der Waals surface area contributed by atoms with Gasteiger partial charge in [0.05, 0.1) is 0 Å². The molecular formula is C18H29N3. The van der Waals surface area contributed by atoms with E-state index in [0.29, 0.717) is 6.04 Å². The lowest BCUT2D eigenvalue weighted by atomic mass is 9.94. The van der Waals surface area contributed by atoms with Gasteiger partial charge in [0.25, 0.3) is 0 Å². The molecule has 1 fully saturated rings. The zero-order valence-electron chi connectivity index (χ0n) is 13.7. The van der Waals surface area contributed by atoms with Crippen LogP contribution >= 0.6 is 0 Å². The summed E-state index contributed by atoms with van der Waals surface area (Å²) in [5.41, 5.74) is 4.27. The van der Waals surface area contributed by atoms with E-state index >= 15 is 0 Å². The molecule has 0 spiro atoms. The van der Waals surface area contributed by atoms with E-state index in [9.17, 15) is 0 Å². The second-order valence-electron chi connectivity index (χ2n) is 7.12. The third-order valence-electron chi connectivity index (χ3n) is 4.94. The predicted molar refractivity (Wildman–Crippen MR) is 91.3 cm³/mol. The summed E-state index contributed by atoms with van der Waals surface area (Å²) in [4.78, 5) is 4.90. The highest BCUT2D eigenvalue weighted by Crippen LogP contribution is 2.31. The van der Waals surface area contributed by atoms with Crippen molar-refractivity contribution in [3.05, 3.63) is 23.8 Å². The Bertz CT molecular complexity index is 475. The molecule has 2 heterocycles. The molecule has 1 unspecified atom stereocenters. The van der Waals surface area contributed by atoms with Gasteiger partial charge in [0.1, 0.15) is 0 Å². The number of hydrogen-bond donors (Lipinski definition) is 1. The van der Waals surface area contributed by atoms with Gasteiger partial charge in [0.2, 0.25) is 0 Å². The van der Waals surface area contributed by atoms with Gasteiger partial charge >= 0.3 is 0 Å². The molecule has 2 aliphatic heterocycles. The Kier molecular flexibility index (Phi) is 4.39. The van der Waals surface area contributed by atoms with Crippen molar-refractivity contribution in [3.8, 4) is 0 Å². The summed E-state index contributed by atoms with van der Waals surface area (Å²) >= 11 is 0. The van der Waals surface area contributed by atoms with Crippen molar-refractivity contribution in [2.24, 2.45) is 5.92 Å². The van der Waals surface area contributed by atoms with E-state index in [-0.39, 0.29) is 0 Å². The topological polar surface area (TPSA) is 18.5 Å². The number of rotatable bonds is 3. The Morgan fingerprint density at radius 2 is 1.95 bits per heavy atom. The van der Waals surface area contributed by atoms with E-state index in [1.54, 1.807) is 0 Å². The first-order valence-corrected chi connectivity index (χ1v) is 8.41. The van der Waals surface area contributed by atoms with Crippen molar-refractivity contribution in [3.63, 3.8) is 0 Å². The van der Waals surface area contributed by atoms with Crippen LogP contribution in [0, 0.1) is 5.92 Å². The summed E-state index contributed by atoms with van der Waals surface area (Å²) in [6.07, 6.45) is 5.12. The van der Waals surface area contributed by atoms with E-state index in [0.717, 1.165) is 5.92 Å². The maximum atomic E-state index is 3.59. The Morgan fingerprint density at radius 3 is 2.67 bits per heavy atom. The van der Waals surface area contributed by atoms with Gasteiger partial charge < -0.3 is 15.1 Å². The number of piperidine rings is 1. The fraction of sp³-hybridized carbons (Fsp3) is 0.667. The maximum absolute atomic E-state index is 3.59. The van der Waals surface area contributed by atoms with Gasteiger partial charge in [-0.1, -0.05) is 0 Å². The minimum absolute atomic E-state index is 0.616. The third-order valence-corrected chi connectivity index (χ3v) is 4.94. The predicted octanol–water partition coefficient (Wildman–Crippen LogP) is 3.21. The van der Waals surface area contributed by atoms with Crippen LogP contribution in [-0.4, -0.2) is 44.7 Å². The summed E-state index contributed by atoms with van der Waals surface area (Å²) in [5, 5.41) is 3.59. The number of nitrogens with one attached hydrogen (secondary N) is 1. The zero-order valence-corrected chi connectivity index (χ0v) is 13.7. The molecule has 1 N–H and O–H groups in total. The molecule has 3 nitrogen and oxygen atoms in total. The molecule has 1 aromatic rings. The van der Waals surface area contributed by atoms with Crippen molar-refractivity contribution in [2.75, 3.05) is 43.9 Å². The van der Waals surface area contributed by atoms with Gasteiger partial charge in [0, 0.05) is 37.1 Å². The first kappa shape index (κ1) is 14.7. The number of anilines is 2. The van der Waals surface area contributed by atoms with E-state index in [4.69, 9.17) is 0 Å². The first-order chi connectivity index (χ1) is 10.1. The standard InChI is InChI=1S/C18H29N3/c1-14-4-5-16-12-17(6-7-18(16)19-14)21-10-8-15(9-11-21)13-20(2)3/h6-7,12,14-15,19H,4-5,8-11,13H2,1-3H3. The van der Waals surface area contributed by atoms with Crippen LogP contribution in [-0.2, 0) is 6.42 Å². The number of fused-ring (bicyclic) bond motifs is 1. The highest BCUT2D eigenvalue weighted by atomic mass is 15.1. The summed E-state index contributed by atoms with van der Waals surface area (Å²) in [6, 6.07) is 7.62. The number of nitrogens with zero attached hydrogens (tertiary/aromatic N) is 2. The van der Waals surface area contributed by atoms with E-state index in [1.165, 1.54) is 62.3 Å². The molecule has 0 aliphatic carbocycles. The molecule has 0 amide bonds. The van der Waals surface area contributed by atoms with Crippen LogP contribution in [0.25, 0.3) is 0 Å². The van der Waals surface area contributed by atoms with Gasteiger partial charge in [-0.15, -0.1) is 0 Å². The van der Waals surface area contributed by atoms with Gasteiger partial charge in [-0.2, -0.15) is 0 Å². The summed E-state index contributed by atoms with van der Waals surface area (Å²) in [5.74, 6) is 0.872. The highest BCUT2D eigenvalue weighted by Gasteiger charge is 2.21. The fourth-order valence-corrected chi connectivity index (χ4v) is 3.72. The molecule has 3 heteroatoms. The molecule has 116 valence electrons. The maximum Gasteiger partial charge on any atom is 0.0376 e. The average molecular weight is 287 g/mol. The molecule has 1 atom stereocenters. The smallest absolute Gasteiger partial charge is 0.0376 e. The first-order valence-electron chi connectivity index (χ1n) is 8.41. The summed E-state index contributed by atoms with van der Waals surface area (Å²) < 4.78 is 0. The summed E-state index contributed by atoms with van der Waals surface area (Å²) in [7, 11) is 4.37. The minimum atomic E-state index is 0.616. The molecule has 0 radical (unpaired) electrons. The second-order valence-corrected chi connectivity index (χ2v) is 7.12. The molecule has 0 bridgehead atoms. The van der Waals surface area contributed by atoms with Crippen molar-refractivity contribution >= 4 is 11.4 Å². The number of hydrogen-bond acceptors (Lipinski definition) is 3. The Hall–Kier alpha value is -1.22. The summed E-state index contributed by atoms with van der Waals surface area (Å²) in [6.45, 7) is 5.93. The molecule has 1 aromatic carbocycles. The molecule has 1 saturated heterocycles. The minimum Gasteiger partial charge on any atom is -0.382 e. The average Bonchev–Trinajstić information content (AvgIpc) is 2.47. The second kappa shape index (κ2) is 6.27. The lowest BCUT2D eigenvalue weighted by Crippen LogP contribution is -2.37. The van der Waals surface area contributed by atoms with Crippen molar-refractivity contribution < 1.29 is 0 Å². The van der Waals surface area contributed by atoms with Crippen LogP contribution < -0.4 is 10.2 Å². The highest BCUT2D eigenvalue weighted by molar-refractivity contribution is 5.62. The molecule has 3 rings (SSSR count). The van der Waals surface area contributed by atoms with Crippen molar-refractivity contribution in [2.45, 2.75) is 38.6 Å². The van der Waals surface area contributed by atoms with Crippen LogP contribution in [0.1, 0.15) is 31.7 Å². The normalized spacial score (nSPS) is 23.0. The van der Waals surface area contributed by atoms with Crippen molar-refractivity contribution in [1.82, 2.24) is 4.90 Å². The van der Waals surface area contributed by atoms with E-state index in [1.807, 2.05) is 0 Å². The molecular weight excluding hydrogens is 258 g/mol. The zero-order chi connectivity index (χ0) is 14.8. The third kappa shape index (κ3) is 3.52. The number of benzene rings is 1. The number of aryl methyl sites for hydroxylation is 1. The van der Waals surface area contributed by atoms with E-state index in [2.05, 4.69) is 54.3 Å². The Morgan fingerprint density at radius 1 is 1.19 bits per heavy atom. The van der Waals surface area contributed by atoms with E-state index < -0.39 is 0 Å². The molecule has 21 heavy (non-hydrogen) atoms. The van der Waals surface area contributed by atoms with Gasteiger partial charge in [0.15, 0.2) is 0 Å². The van der Waals surface area contributed by atoms with Crippen LogP contribution in [0.3, 0.4) is 0 Å². The SMILES string of the molecule is CC1CCc2cc(N3CCC(CN(C)C)CC3)ccc2N1. The van der Waals surface area contributed by atoms with Crippen LogP contribution in [0.5, 0.6) is 0 Å². The monoisotopic (exact) mass is 287 g/mol. The quantitative estimate of drug-likeness (QED) is 0.921. The van der Waals surface area contributed by atoms with Crippen LogP contribution in [0.15, 0.2) is 18.2 Å². The molecule has 2 aliphatic rings. The largest absolute Gasteiger partial charge is 0.382 e. The Labute approximate surface area is 129 Å². The fourth-order valence-electron chi connectivity index (χ4n) is 3.72. The molecule has 0 aromatic heterocycles. The van der Waals surface area contributed by atoms with Gasteiger partial charge in [-0.05, 0) is 76.4 Å². The lowest BCUT2D eigenvalue weighted by molar-refractivity contribution is 0.285. The van der Waals surface area contributed by atoms with Crippen LogP contribution in [0.4, 0.5) is 11.4 Å². The Balaban J connectivity index is 1.63.